The molecule has 1 aromatic heterocycles. The van der Waals surface area contributed by atoms with Crippen molar-refractivity contribution in [3.05, 3.63) is 35.3 Å². The molecule has 0 aliphatic carbocycles. The summed E-state index contributed by atoms with van der Waals surface area (Å²) in [5.41, 5.74) is 5.15. The highest BCUT2D eigenvalue weighted by molar-refractivity contribution is 5.24. The lowest BCUT2D eigenvalue weighted by atomic mass is 10.0. The Labute approximate surface area is 91.3 Å². The van der Waals surface area contributed by atoms with Gasteiger partial charge in [-0.1, -0.05) is 5.57 Å². The molecule has 0 aromatic carbocycles. The average molecular weight is 208 g/mol. The molecule has 0 saturated heterocycles. The highest BCUT2D eigenvalue weighted by Crippen LogP contribution is 2.25. The van der Waals surface area contributed by atoms with Crippen LogP contribution in [0.25, 0.3) is 0 Å². The predicted molar refractivity (Wildman–Crippen MR) is 62.3 cm³/mol. The number of nitrogens with one attached hydrogen (secondary N) is 1. The van der Waals surface area contributed by atoms with E-state index >= 15 is 0 Å². The Morgan fingerprint density at radius 1 is 1.60 bits per heavy atom. The number of allylic oxidation sites excluding steroid dienone is 1. The molecule has 0 amide bonds. The maximum atomic E-state index is 5.55. The number of rotatable bonds is 5. The minimum absolute atomic E-state index is 0.152. The zero-order chi connectivity index (χ0) is 11.4. The van der Waals surface area contributed by atoms with Crippen molar-refractivity contribution in [2.45, 2.75) is 39.7 Å². The monoisotopic (exact) mass is 208 g/mol. The fourth-order valence-corrected chi connectivity index (χ4v) is 1.72. The van der Waals surface area contributed by atoms with E-state index < -0.39 is 0 Å². The van der Waals surface area contributed by atoms with Crippen LogP contribution in [0.1, 0.15) is 42.9 Å². The first-order valence-electron chi connectivity index (χ1n) is 5.22. The third-order valence-corrected chi connectivity index (χ3v) is 2.52. The summed E-state index contributed by atoms with van der Waals surface area (Å²) in [4.78, 5) is 0. The van der Waals surface area contributed by atoms with Gasteiger partial charge in [0.1, 0.15) is 11.5 Å². The molecule has 1 aromatic rings. The maximum Gasteiger partial charge on any atom is 0.105 e. The fourth-order valence-electron chi connectivity index (χ4n) is 1.72. The Balaban J connectivity index is 2.73. The molecule has 0 aliphatic heterocycles. The summed E-state index contributed by atoms with van der Waals surface area (Å²) >= 11 is 0. The highest BCUT2D eigenvalue weighted by atomic mass is 16.3. The summed E-state index contributed by atoms with van der Waals surface area (Å²) in [6.07, 6.45) is 1.92. The molecular formula is C12H20N2O. The van der Waals surface area contributed by atoms with Crippen molar-refractivity contribution in [2.24, 2.45) is 5.84 Å². The second-order valence-electron chi connectivity index (χ2n) is 4.08. The van der Waals surface area contributed by atoms with Gasteiger partial charge in [0.25, 0.3) is 0 Å². The van der Waals surface area contributed by atoms with Gasteiger partial charge in [-0.15, -0.1) is 6.58 Å². The normalized spacial score (nSPS) is 12.8. The van der Waals surface area contributed by atoms with Crippen molar-refractivity contribution in [1.82, 2.24) is 5.43 Å². The molecule has 1 rings (SSSR count). The molecule has 3 nitrogen and oxygen atoms in total. The number of hydrogen-bond donors (Lipinski definition) is 2. The van der Waals surface area contributed by atoms with Gasteiger partial charge in [-0.25, -0.2) is 0 Å². The SMILES string of the molecule is C=C(C)CCC(NN)c1cc(C)oc1C. The van der Waals surface area contributed by atoms with Crippen LogP contribution in [-0.2, 0) is 0 Å². The van der Waals surface area contributed by atoms with Gasteiger partial charge in [0.05, 0.1) is 0 Å². The molecule has 0 fully saturated rings. The Kier molecular flexibility index (Phi) is 4.12. The first-order chi connectivity index (χ1) is 7.04. The second kappa shape index (κ2) is 5.14. The first kappa shape index (κ1) is 12.0. The van der Waals surface area contributed by atoms with Gasteiger partial charge >= 0.3 is 0 Å². The summed E-state index contributed by atoms with van der Waals surface area (Å²) in [5, 5.41) is 0. The van der Waals surface area contributed by atoms with Crippen molar-refractivity contribution < 1.29 is 4.42 Å². The van der Waals surface area contributed by atoms with Crippen LogP contribution in [0.5, 0.6) is 0 Å². The molecule has 0 radical (unpaired) electrons. The van der Waals surface area contributed by atoms with Gasteiger partial charge in [0.2, 0.25) is 0 Å². The molecule has 1 atom stereocenters. The van der Waals surface area contributed by atoms with E-state index in [2.05, 4.69) is 12.0 Å². The minimum Gasteiger partial charge on any atom is -0.466 e. The van der Waals surface area contributed by atoms with E-state index in [0.29, 0.717) is 0 Å². The van der Waals surface area contributed by atoms with E-state index in [1.807, 2.05) is 26.8 Å². The topological polar surface area (TPSA) is 51.2 Å². The van der Waals surface area contributed by atoms with Crippen LogP contribution in [0.2, 0.25) is 0 Å². The van der Waals surface area contributed by atoms with E-state index in [1.54, 1.807) is 0 Å². The molecule has 0 aliphatic rings. The lowest BCUT2D eigenvalue weighted by molar-refractivity contribution is 0.474. The quantitative estimate of drug-likeness (QED) is 0.444. The average Bonchev–Trinajstić information content (AvgIpc) is 2.46. The zero-order valence-electron chi connectivity index (χ0n) is 9.76. The van der Waals surface area contributed by atoms with Crippen LogP contribution >= 0.6 is 0 Å². The molecule has 0 spiro atoms. The molecule has 3 N–H and O–H groups in total. The zero-order valence-corrected chi connectivity index (χ0v) is 9.76. The highest BCUT2D eigenvalue weighted by Gasteiger charge is 2.15. The van der Waals surface area contributed by atoms with Crippen molar-refractivity contribution >= 4 is 0 Å². The van der Waals surface area contributed by atoms with E-state index in [1.165, 1.54) is 5.57 Å². The summed E-state index contributed by atoms with van der Waals surface area (Å²) in [7, 11) is 0. The van der Waals surface area contributed by atoms with E-state index in [0.717, 1.165) is 29.9 Å². The van der Waals surface area contributed by atoms with Crippen LogP contribution in [0, 0.1) is 13.8 Å². The summed E-state index contributed by atoms with van der Waals surface area (Å²) in [6, 6.07) is 2.19. The molecular weight excluding hydrogens is 188 g/mol. The Morgan fingerprint density at radius 2 is 2.27 bits per heavy atom. The molecule has 0 saturated carbocycles. The first-order valence-corrected chi connectivity index (χ1v) is 5.22. The largest absolute Gasteiger partial charge is 0.466 e. The lowest BCUT2D eigenvalue weighted by Gasteiger charge is -2.14. The van der Waals surface area contributed by atoms with Crippen LogP contribution in [0.4, 0.5) is 0 Å². The minimum atomic E-state index is 0.152. The Morgan fingerprint density at radius 3 is 2.67 bits per heavy atom. The number of nitrogens with two attached hydrogens (primary N) is 1. The van der Waals surface area contributed by atoms with Crippen molar-refractivity contribution in [1.29, 1.82) is 0 Å². The summed E-state index contributed by atoms with van der Waals surface area (Å²) in [6.45, 7) is 9.83. The van der Waals surface area contributed by atoms with E-state index in [-0.39, 0.29) is 6.04 Å². The molecule has 0 bridgehead atoms. The van der Waals surface area contributed by atoms with Crippen LogP contribution in [0.3, 0.4) is 0 Å². The molecule has 1 unspecified atom stereocenters. The van der Waals surface area contributed by atoms with Gasteiger partial charge in [0.15, 0.2) is 0 Å². The van der Waals surface area contributed by atoms with Crippen LogP contribution in [0.15, 0.2) is 22.6 Å². The Bertz CT molecular complexity index is 341. The van der Waals surface area contributed by atoms with Gasteiger partial charge in [-0.3, -0.25) is 11.3 Å². The van der Waals surface area contributed by atoms with Gasteiger partial charge in [-0.2, -0.15) is 0 Å². The molecule has 15 heavy (non-hydrogen) atoms. The molecule has 3 heteroatoms. The molecule has 1 heterocycles. The smallest absolute Gasteiger partial charge is 0.105 e. The standard InChI is InChI=1S/C12H20N2O/c1-8(2)5-6-12(14-13)11-7-9(3)15-10(11)4/h7,12,14H,1,5-6,13H2,2-4H3. The third-order valence-electron chi connectivity index (χ3n) is 2.52. The Hall–Kier alpha value is -1.06. The van der Waals surface area contributed by atoms with Crippen molar-refractivity contribution in [2.75, 3.05) is 0 Å². The van der Waals surface area contributed by atoms with Crippen molar-refractivity contribution in [3.8, 4) is 0 Å². The van der Waals surface area contributed by atoms with Crippen LogP contribution < -0.4 is 11.3 Å². The lowest BCUT2D eigenvalue weighted by Crippen LogP contribution is -2.28. The fraction of sp³-hybridized carbons (Fsp3) is 0.500. The van der Waals surface area contributed by atoms with Crippen molar-refractivity contribution in [3.63, 3.8) is 0 Å². The maximum absolute atomic E-state index is 5.55. The summed E-state index contributed by atoms with van der Waals surface area (Å²) < 4.78 is 5.49. The second-order valence-corrected chi connectivity index (χ2v) is 4.08. The predicted octanol–water partition coefficient (Wildman–Crippen LogP) is 2.76. The third kappa shape index (κ3) is 3.22. The van der Waals surface area contributed by atoms with Gasteiger partial charge < -0.3 is 4.42 Å². The summed E-state index contributed by atoms with van der Waals surface area (Å²) in [5.74, 6) is 7.42. The van der Waals surface area contributed by atoms with Gasteiger partial charge in [0, 0.05) is 11.6 Å². The van der Waals surface area contributed by atoms with Crippen LogP contribution in [-0.4, -0.2) is 0 Å². The number of aryl methyl sites for hydroxylation is 2. The van der Waals surface area contributed by atoms with E-state index in [4.69, 9.17) is 10.3 Å². The molecule has 84 valence electrons. The number of hydrogen-bond acceptors (Lipinski definition) is 3. The van der Waals surface area contributed by atoms with E-state index in [9.17, 15) is 0 Å². The number of furan rings is 1. The number of hydrazine groups is 1. The van der Waals surface area contributed by atoms with Gasteiger partial charge in [-0.05, 0) is 39.7 Å².